The van der Waals surface area contributed by atoms with Crippen molar-refractivity contribution in [3.63, 3.8) is 0 Å². The molecule has 0 unspecified atom stereocenters. The predicted molar refractivity (Wildman–Crippen MR) is 100 cm³/mol. The van der Waals surface area contributed by atoms with Crippen LogP contribution >= 0.6 is 23.2 Å². The van der Waals surface area contributed by atoms with Crippen LogP contribution in [0.3, 0.4) is 0 Å². The minimum absolute atomic E-state index is 0.0916. The highest BCUT2D eigenvalue weighted by molar-refractivity contribution is 6.35. The highest BCUT2D eigenvalue weighted by atomic mass is 35.5. The van der Waals surface area contributed by atoms with Gasteiger partial charge >= 0.3 is 0 Å². The molecule has 0 saturated heterocycles. The number of nitrogens with zero attached hydrogens (tertiary/aromatic N) is 2. The van der Waals surface area contributed by atoms with Crippen molar-refractivity contribution < 1.29 is 9.47 Å². The monoisotopic (exact) mass is 374 g/mol. The Morgan fingerprint density at radius 2 is 1.96 bits per heavy atom. The van der Waals surface area contributed by atoms with Crippen molar-refractivity contribution in [1.29, 1.82) is 0 Å². The van der Waals surface area contributed by atoms with Crippen LogP contribution in [0.25, 0.3) is 12.0 Å². The minimum atomic E-state index is 0.0916. The molecule has 0 saturated carbocycles. The van der Waals surface area contributed by atoms with Gasteiger partial charge in [-0.15, -0.1) is 0 Å². The van der Waals surface area contributed by atoms with E-state index in [2.05, 4.69) is 4.98 Å². The van der Waals surface area contributed by atoms with Gasteiger partial charge in [0.2, 0.25) is 0 Å². The second kappa shape index (κ2) is 8.72. The number of hydrogen-bond donors (Lipinski definition) is 0. The normalized spacial score (nSPS) is 11.5. The molecule has 3 aromatic rings. The zero-order valence-electron chi connectivity index (χ0n) is 13.3. The second-order valence-corrected chi connectivity index (χ2v) is 6.07. The molecule has 0 N–H and O–H groups in total. The molecule has 1 aromatic heterocycles. The molecule has 0 aliphatic heterocycles. The molecular weight excluding hydrogens is 359 g/mol. The maximum absolute atomic E-state index is 6.30. The topological polar surface area (TPSA) is 36.3 Å². The third-order valence-electron chi connectivity index (χ3n) is 3.40. The number of aromatic nitrogens is 2. The first-order valence-corrected chi connectivity index (χ1v) is 8.37. The summed E-state index contributed by atoms with van der Waals surface area (Å²) in [5, 5.41) is 1.07. The maximum atomic E-state index is 6.30. The molecule has 0 aliphatic rings. The van der Waals surface area contributed by atoms with E-state index >= 15 is 0 Å². The number of benzene rings is 2. The van der Waals surface area contributed by atoms with Gasteiger partial charge in [-0.2, -0.15) is 0 Å². The third-order valence-corrected chi connectivity index (χ3v) is 3.94. The molecule has 128 valence electrons. The molecule has 0 radical (unpaired) electrons. The number of imidazole rings is 1. The van der Waals surface area contributed by atoms with Crippen LogP contribution in [0.15, 0.2) is 67.3 Å². The molecule has 0 amide bonds. The molecule has 0 atom stereocenters. The van der Waals surface area contributed by atoms with Crippen LogP contribution in [0.4, 0.5) is 0 Å². The van der Waals surface area contributed by atoms with Gasteiger partial charge in [0.15, 0.2) is 6.79 Å². The van der Waals surface area contributed by atoms with Crippen LogP contribution in [-0.4, -0.2) is 16.3 Å². The Labute approximate surface area is 156 Å². The van der Waals surface area contributed by atoms with Crippen LogP contribution in [0.1, 0.15) is 11.1 Å². The molecule has 0 spiro atoms. The van der Waals surface area contributed by atoms with Crippen molar-refractivity contribution >= 4 is 35.2 Å². The van der Waals surface area contributed by atoms with E-state index in [1.165, 1.54) is 0 Å². The molecule has 3 rings (SSSR count). The Kier molecular flexibility index (Phi) is 6.12. The van der Waals surface area contributed by atoms with E-state index in [1.54, 1.807) is 41.6 Å². The summed E-state index contributed by atoms with van der Waals surface area (Å²) in [7, 11) is 0. The van der Waals surface area contributed by atoms with Crippen molar-refractivity contribution in [3.8, 4) is 0 Å². The first-order chi connectivity index (χ1) is 12.2. The third kappa shape index (κ3) is 5.10. The van der Waals surface area contributed by atoms with Gasteiger partial charge in [-0.3, -0.25) is 0 Å². The summed E-state index contributed by atoms with van der Waals surface area (Å²) in [5.74, 6) is 0.563. The van der Waals surface area contributed by atoms with Crippen molar-refractivity contribution in [2.45, 2.75) is 6.61 Å². The van der Waals surface area contributed by atoms with Gasteiger partial charge in [0.05, 0.1) is 24.2 Å². The first kappa shape index (κ1) is 17.5. The molecule has 0 bridgehead atoms. The average molecular weight is 375 g/mol. The Bertz CT molecular complexity index is 834. The fourth-order valence-electron chi connectivity index (χ4n) is 2.19. The van der Waals surface area contributed by atoms with Crippen LogP contribution in [0.2, 0.25) is 10.0 Å². The van der Waals surface area contributed by atoms with E-state index in [0.717, 1.165) is 11.1 Å². The van der Waals surface area contributed by atoms with Crippen molar-refractivity contribution in [3.05, 3.63) is 88.4 Å². The van der Waals surface area contributed by atoms with Gasteiger partial charge in [-0.05, 0) is 23.8 Å². The molecule has 6 heteroatoms. The lowest BCUT2D eigenvalue weighted by Gasteiger charge is -2.13. The Morgan fingerprint density at radius 3 is 2.68 bits per heavy atom. The van der Waals surface area contributed by atoms with Gasteiger partial charge in [0.1, 0.15) is 5.76 Å². The molecule has 1 heterocycles. The van der Waals surface area contributed by atoms with Crippen molar-refractivity contribution in [1.82, 2.24) is 9.55 Å². The summed E-state index contributed by atoms with van der Waals surface area (Å²) in [5.41, 5.74) is 1.80. The highest BCUT2D eigenvalue weighted by Gasteiger charge is 2.09. The van der Waals surface area contributed by atoms with E-state index in [9.17, 15) is 0 Å². The number of ether oxygens (including phenoxy) is 2. The smallest absolute Gasteiger partial charge is 0.189 e. The van der Waals surface area contributed by atoms with Crippen molar-refractivity contribution in [2.24, 2.45) is 0 Å². The maximum Gasteiger partial charge on any atom is 0.189 e. The molecule has 0 aliphatic carbocycles. The van der Waals surface area contributed by atoms with E-state index < -0.39 is 0 Å². The Balaban J connectivity index is 1.71. The van der Waals surface area contributed by atoms with Gasteiger partial charge in [0, 0.05) is 23.0 Å². The predicted octanol–water partition coefficient (Wildman–Crippen LogP) is 5.34. The van der Waals surface area contributed by atoms with Gasteiger partial charge in [-0.25, -0.2) is 4.98 Å². The summed E-state index contributed by atoms with van der Waals surface area (Å²) in [6.07, 6.45) is 6.94. The van der Waals surface area contributed by atoms with E-state index in [0.29, 0.717) is 22.4 Å². The van der Waals surface area contributed by atoms with Crippen molar-refractivity contribution in [2.75, 3.05) is 6.79 Å². The minimum Gasteiger partial charge on any atom is -0.465 e. The fourth-order valence-corrected chi connectivity index (χ4v) is 2.70. The molecular formula is C19H16Cl2N2O2. The van der Waals surface area contributed by atoms with Crippen LogP contribution in [0, 0.1) is 0 Å². The zero-order valence-corrected chi connectivity index (χ0v) is 14.8. The molecule has 4 nitrogen and oxygen atoms in total. The lowest BCUT2D eigenvalue weighted by Crippen LogP contribution is -2.02. The molecule has 0 fully saturated rings. The van der Waals surface area contributed by atoms with Crippen LogP contribution < -0.4 is 0 Å². The SMILES string of the molecule is Clc1ccc(C(=Cn2ccnc2)OCOCc2ccccc2)c(Cl)c1. The van der Waals surface area contributed by atoms with Crippen LogP contribution in [0.5, 0.6) is 0 Å². The molecule has 2 aromatic carbocycles. The standard InChI is InChI=1S/C19H16Cl2N2O2/c20-16-6-7-17(18(21)10-16)19(11-23-9-8-22-13-23)25-14-24-12-15-4-2-1-3-5-15/h1-11,13H,12,14H2. The molecule has 25 heavy (non-hydrogen) atoms. The summed E-state index contributed by atoms with van der Waals surface area (Å²) < 4.78 is 13.2. The van der Waals surface area contributed by atoms with Gasteiger partial charge in [-0.1, -0.05) is 53.5 Å². The van der Waals surface area contributed by atoms with E-state index in [-0.39, 0.29) is 6.79 Å². The quantitative estimate of drug-likeness (QED) is 0.318. The van der Waals surface area contributed by atoms with Crippen LogP contribution in [-0.2, 0) is 16.1 Å². The Hall–Kier alpha value is -2.27. The van der Waals surface area contributed by atoms with E-state index in [4.69, 9.17) is 32.7 Å². The Morgan fingerprint density at radius 1 is 1.12 bits per heavy atom. The summed E-state index contributed by atoms with van der Waals surface area (Å²) in [6.45, 7) is 0.557. The summed E-state index contributed by atoms with van der Waals surface area (Å²) >= 11 is 12.3. The first-order valence-electron chi connectivity index (χ1n) is 7.61. The lowest BCUT2D eigenvalue weighted by molar-refractivity contribution is -0.0106. The fraction of sp³-hybridized carbons (Fsp3) is 0.105. The second-order valence-electron chi connectivity index (χ2n) is 5.22. The number of rotatable bonds is 7. The average Bonchev–Trinajstić information content (AvgIpc) is 3.12. The highest BCUT2D eigenvalue weighted by Crippen LogP contribution is 2.28. The summed E-state index contributed by atoms with van der Waals surface area (Å²) in [4.78, 5) is 4.02. The largest absolute Gasteiger partial charge is 0.465 e. The van der Waals surface area contributed by atoms with E-state index in [1.807, 2.05) is 36.4 Å². The number of halogens is 2. The zero-order chi connectivity index (χ0) is 17.5. The summed E-state index contributed by atoms with van der Waals surface area (Å²) in [6, 6.07) is 15.2. The lowest BCUT2D eigenvalue weighted by atomic mass is 10.2. The number of hydrogen-bond acceptors (Lipinski definition) is 3. The van der Waals surface area contributed by atoms with Gasteiger partial charge < -0.3 is 14.0 Å². The van der Waals surface area contributed by atoms with Gasteiger partial charge in [0.25, 0.3) is 0 Å².